The van der Waals surface area contributed by atoms with E-state index in [1.54, 1.807) is 11.8 Å². The summed E-state index contributed by atoms with van der Waals surface area (Å²) in [5.74, 6) is 0.971. The van der Waals surface area contributed by atoms with Crippen LogP contribution in [0.25, 0.3) is 0 Å². The molecule has 1 aliphatic rings. The lowest BCUT2D eigenvalue weighted by Crippen LogP contribution is -2.60. The third-order valence-electron chi connectivity index (χ3n) is 5.38. The Morgan fingerprint density at radius 2 is 1.36 bits per heavy atom. The molecule has 0 saturated carbocycles. The zero-order valence-corrected chi connectivity index (χ0v) is 16.8. The van der Waals surface area contributed by atoms with Crippen LogP contribution >= 0.6 is 11.8 Å². The Labute approximate surface area is 156 Å². The lowest BCUT2D eigenvalue weighted by atomic mass is 9.79. The van der Waals surface area contributed by atoms with E-state index < -0.39 is 0 Å². The van der Waals surface area contributed by atoms with Gasteiger partial charge in [-0.15, -0.1) is 0 Å². The van der Waals surface area contributed by atoms with E-state index >= 15 is 0 Å². The van der Waals surface area contributed by atoms with E-state index in [9.17, 15) is 0 Å². The predicted octanol–water partition coefficient (Wildman–Crippen LogP) is 5.87. The van der Waals surface area contributed by atoms with Gasteiger partial charge in [-0.1, -0.05) is 30.0 Å². The molecule has 0 aromatic heterocycles. The Hall–Kier alpha value is -1.45. The normalized spacial score (nSPS) is 20.4. The van der Waals surface area contributed by atoms with Gasteiger partial charge in [-0.25, -0.2) is 0 Å². The maximum Gasteiger partial charge on any atom is 0.119 e. The smallest absolute Gasteiger partial charge is 0.119 e. The van der Waals surface area contributed by atoms with Crippen molar-refractivity contribution in [3.63, 3.8) is 0 Å². The van der Waals surface area contributed by atoms with E-state index in [2.05, 4.69) is 88.2 Å². The fraction of sp³-hybridized carbons (Fsp3) is 0.455. The van der Waals surface area contributed by atoms with Gasteiger partial charge in [0.1, 0.15) is 11.9 Å². The molecule has 0 N–H and O–H groups in total. The Morgan fingerprint density at radius 1 is 0.840 bits per heavy atom. The van der Waals surface area contributed by atoms with Crippen LogP contribution < -0.4 is 4.74 Å². The van der Waals surface area contributed by atoms with Crippen molar-refractivity contribution < 1.29 is 4.74 Å². The highest BCUT2D eigenvalue weighted by Crippen LogP contribution is 2.38. The van der Waals surface area contributed by atoms with Gasteiger partial charge in [0.05, 0.1) is 0 Å². The maximum atomic E-state index is 6.34. The minimum Gasteiger partial charge on any atom is -0.490 e. The van der Waals surface area contributed by atoms with Crippen molar-refractivity contribution in [1.82, 2.24) is 4.90 Å². The summed E-state index contributed by atoms with van der Waals surface area (Å²) in [7, 11) is 2.23. The Kier molecular flexibility index (Phi) is 5.17. The summed E-state index contributed by atoms with van der Waals surface area (Å²) in [4.78, 5) is 4.98. The van der Waals surface area contributed by atoms with Crippen molar-refractivity contribution in [2.75, 3.05) is 7.05 Å². The molecule has 0 amide bonds. The van der Waals surface area contributed by atoms with Gasteiger partial charge in [-0.05, 0) is 71.1 Å². The zero-order valence-electron chi connectivity index (χ0n) is 16.0. The van der Waals surface area contributed by atoms with E-state index in [1.807, 2.05) is 6.07 Å². The number of rotatable bonds is 4. The maximum absolute atomic E-state index is 6.34. The zero-order chi connectivity index (χ0) is 18.1. The fourth-order valence-corrected chi connectivity index (χ4v) is 4.60. The first-order valence-corrected chi connectivity index (χ1v) is 9.81. The molecule has 3 rings (SSSR count). The van der Waals surface area contributed by atoms with Gasteiger partial charge < -0.3 is 4.74 Å². The molecule has 0 spiro atoms. The number of hydrogen-bond donors (Lipinski definition) is 0. The summed E-state index contributed by atoms with van der Waals surface area (Å²) in [5, 5.41) is 0. The summed E-state index contributed by atoms with van der Waals surface area (Å²) in [6.07, 6.45) is 2.36. The van der Waals surface area contributed by atoms with Crippen LogP contribution in [0.15, 0.2) is 64.4 Å². The van der Waals surface area contributed by atoms with Gasteiger partial charge >= 0.3 is 0 Å². The van der Waals surface area contributed by atoms with Crippen molar-refractivity contribution >= 4 is 11.8 Å². The first-order chi connectivity index (χ1) is 11.8. The van der Waals surface area contributed by atoms with Crippen LogP contribution in [0.3, 0.4) is 0 Å². The van der Waals surface area contributed by atoms with Crippen molar-refractivity contribution in [2.45, 2.75) is 67.5 Å². The van der Waals surface area contributed by atoms with Crippen LogP contribution in [0.5, 0.6) is 5.75 Å². The Morgan fingerprint density at radius 3 is 1.92 bits per heavy atom. The standard InChI is InChI=1S/C22H29NOS/c1-21(2)15-18(16-22(3,4)23(21)5)24-17-11-13-20(14-12-17)25-19-9-7-6-8-10-19/h6-14,18H,15-16H2,1-5H3. The molecule has 0 aliphatic carbocycles. The van der Waals surface area contributed by atoms with Crippen molar-refractivity contribution in [2.24, 2.45) is 0 Å². The highest BCUT2D eigenvalue weighted by Gasteiger charge is 2.43. The first kappa shape index (κ1) is 18.3. The summed E-state index contributed by atoms with van der Waals surface area (Å²) in [6.45, 7) is 9.24. The van der Waals surface area contributed by atoms with Crippen molar-refractivity contribution in [3.05, 3.63) is 54.6 Å². The molecule has 1 fully saturated rings. The minimum atomic E-state index is 0.148. The summed E-state index contributed by atoms with van der Waals surface area (Å²) >= 11 is 1.78. The monoisotopic (exact) mass is 355 g/mol. The quantitative estimate of drug-likeness (QED) is 0.681. The van der Waals surface area contributed by atoms with Gasteiger partial charge in [0.15, 0.2) is 0 Å². The van der Waals surface area contributed by atoms with Crippen molar-refractivity contribution in [3.8, 4) is 5.75 Å². The number of hydrogen-bond acceptors (Lipinski definition) is 3. The highest BCUT2D eigenvalue weighted by molar-refractivity contribution is 7.99. The number of ether oxygens (including phenoxy) is 1. The second-order valence-corrected chi connectivity index (χ2v) is 9.37. The molecule has 2 aromatic carbocycles. The van der Waals surface area contributed by atoms with Crippen LogP contribution in [-0.2, 0) is 0 Å². The third kappa shape index (κ3) is 4.39. The van der Waals surface area contributed by atoms with Gasteiger partial charge in [0.25, 0.3) is 0 Å². The molecule has 0 radical (unpaired) electrons. The van der Waals surface area contributed by atoms with Crippen LogP contribution in [0.2, 0.25) is 0 Å². The Balaban J connectivity index is 1.65. The van der Waals surface area contributed by atoms with Gasteiger partial charge in [-0.3, -0.25) is 4.90 Å². The van der Waals surface area contributed by atoms with Gasteiger partial charge in [0, 0.05) is 33.7 Å². The van der Waals surface area contributed by atoms with Crippen LogP contribution in [0.4, 0.5) is 0 Å². The topological polar surface area (TPSA) is 12.5 Å². The number of piperidine rings is 1. The molecular weight excluding hydrogens is 326 g/mol. The molecule has 0 bridgehead atoms. The summed E-state index contributed by atoms with van der Waals surface area (Å²) < 4.78 is 6.34. The predicted molar refractivity (Wildman–Crippen MR) is 107 cm³/mol. The highest BCUT2D eigenvalue weighted by atomic mass is 32.2. The lowest BCUT2D eigenvalue weighted by Gasteiger charge is -2.53. The van der Waals surface area contributed by atoms with E-state index in [0.29, 0.717) is 0 Å². The van der Waals surface area contributed by atoms with E-state index in [0.717, 1.165) is 18.6 Å². The molecule has 1 heterocycles. The average Bonchev–Trinajstić information content (AvgIpc) is 2.55. The van der Waals surface area contributed by atoms with Crippen LogP contribution in [0.1, 0.15) is 40.5 Å². The number of benzene rings is 2. The number of likely N-dealkylation sites (tertiary alicyclic amines) is 1. The molecule has 0 atom stereocenters. The molecule has 3 heteroatoms. The average molecular weight is 356 g/mol. The van der Waals surface area contributed by atoms with Crippen LogP contribution in [0, 0.1) is 0 Å². The van der Waals surface area contributed by atoms with E-state index in [4.69, 9.17) is 4.74 Å². The summed E-state index contributed by atoms with van der Waals surface area (Å²) in [6, 6.07) is 19.0. The minimum absolute atomic E-state index is 0.148. The second kappa shape index (κ2) is 7.05. The second-order valence-electron chi connectivity index (χ2n) is 8.22. The first-order valence-electron chi connectivity index (χ1n) is 9.00. The molecule has 134 valence electrons. The van der Waals surface area contributed by atoms with Gasteiger partial charge in [-0.2, -0.15) is 0 Å². The molecular formula is C22H29NOS. The molecule has 2 nitrogen and oxygen atoms in total. The molecule has 0 unspecified atom stereocenters. The SMILES string of the molecule is CN1C(C)(C)CC(Oc2ccc(Sc3ccccc3)cc2)CC1(C)C. The molecule has 2 aromatic rings. The van der Waals surface area contributed by atoms with E-state index in [1.165, 1.54) is 9.79 Å². The lowest BCUT2D eigenvalue weighted by molar-refractivity contribution is -0.0556. The molecule has 1 aliphatic heterocycles. The van der Waals surface area contributed by atoms with Crippen molar-refractivity contribution in [1.29, 1.82) is 0 Å². The van der Waals surface area contributed by atoms with E-state index in [-0.39, 0.29) is 17.2 Å². The number of nitrogens with zero attached hydrogens (tertiary/aromatic N) is 1. The Bertz CT molecular complexity index is 676. The molecule has 25 heavy (non-hydrogen) atoms. The molecule has 1 saturated heterocycles. The van der Waals surface area contributed by atoms with Crippen LogP contribution in [-0.4, -0.2) is 29.1 Å². The fourth-order valence-electron chi connectivity index (χ4n) is 3.77. The largest absolute Gasteiger partial charge is 0.490 e. The third-order valence-corrected chi connectivity index (χ3v) is 6.39. The summed E-state index contributed by atoms with van der Waals surface area (Å²) in [5.41, 5.74) is 0.297. The van der Waals surface area contributed by atoms with Gasteiger partial charge in [0.2, 0.25) is 0 Å².